The number of nitrogens with zero attached hydrogens (tertiary/aromatic N) is 1. The van der Waals surface area contributed by atoms with Crippen molar-refractivity contribution in [1.82, 2.24) is 0 Å². The smallest absolute Gasteiger partial charge is 0.330 e. The number of aliphatic hydroxyl groups excluding tert-OH is 1. The van der Waals surface area contributed by atoms with Gasteiger partial charge < -0.3 is 14.3 Å². The standard InChI is InChI=1S/C9H18NO3/c1-4-9(12)13-8-6-10(2,3)5-7-11/h4,11H,1,5-8H2,2-3H3/q+1. The van der Waals surface area contributed by atoms with Gasteiger partial charge in [0, 0.05) is 6.08 Å². The summed E-state index contributed by atoms with van der Waals surface area (Å²) in [4.78, 5) is 10.7. The van der Waals surface area contributed by atoms with E-state index in [1.165, 1.54) is 0 Å². The predicted octanol–water partition coefficient (Wildman–Crippen LogP) is -0.216. The van der Waals surface area contributed by atoms with Crippen molar-refractivity contribution >= 4 is 5.97 Å². The van der Waals surface area contributed by atoms with Gasteiger partial charge in [-0.15, -0.1) is 0 Å². The fourth-order valence-corrected chi connectivity index (χ4v) is 0.835. The molecule has 0 bridgehead atoms. The molecule has 0 fully saturated rings. The third kappa shape index (κ3) is 6.31. The van der Waals surface area contributed by atoms with Crippen molar-refractivity contribution < 1.29 is 19.1 Å². The van der Waals surface area contributed by atoms with Gasteiger partial charge >= 0.3 is 5.97 Å². The van der Waals surface area contributed by atoms with E-state index in [4.69, 9.17) is 9.84 Å². The number of carbonyl (C=O) groups excluding carboxylic acids is 1. The SMILES string of the molecule is C=CC(=O)OCC[N+](C)(C)CCO. The first-order valence-corrected chi connectivity index (χ1v) is 4.24. The number of carbonyl (C=O) groups is 1. The summed E-state index contributed by atoms with van der Waals surface area (Å²) >= 11 is 0. The zero-order valence-corrected chi connectivity index (χ0v) is 8.32. The van der Waals surface area contributed by atoms with E-state index < -0.39 is 5.97 Å². The van der Waals surface area contributed by atoms with E-state index in [1.54, 1.807) is 0 Å². The van der Waals surface area contributed by atoms with Crippen LogP contribution in [0, 0.1) is 0 Å². The molecule has 0 aliphatic heterocycles. The van der Waals surface area contributed by atoms with E-state index in [-0.39, 0.29) is 6.61 Å². The zero-order chi connectivity index (χ0) is 10.3. The molecule has 0 rings (SSSR count). The van der Waals surface area contributed by atoms with Crippen LogP contribution in [0.15, 0.2) is 12.7 Å². The Hall–Kier alpha value is -0.870. The van der Waals surface area contributed by atoms with Gasteiger partial charge in [0.05, 0.1) is 20.7 Å². The first-order valence-electron chi connectivity index (χ1n) is 4.24. The normalized spacial score (nSPS) is 11.0. The predicted molar refractivity (Wildman–Crippen MR) is 50.1 cm³/mol. The lowest BCUT2D eigenvalue weighted by atomic mass is 10.4. The number of rotatable bonds is 6. The molecule has 4 heteroatoms. The van der Waals surface area contributed by atoms with Crippen molar-refractivity contribution in [3.8, 4) is 0 Å². The second kappa shape index (κ2) is 5.72. The summed E-state index contributed by atoms with van der Waals surface area (Å²) in [5, 5.41) is 8.72. The number of hydrogen-bond donors (Lipinski definition) is 1. The fraction of sp³-hybridized carbons (Fsp3) is 0.667. The minimum atomic E-state index is -0.399. The highest BCUT2D eigenvalue weighted by Gasteiger charge is 2.13. The molecule has 0 heterocycles. The van der Waals surface area contributed by atoms with Crippen LogP contribution in [0.4, 0.5) is 0 Å². The van der Waals surface area contributed by atoms with E-state index in [0.717, 1.165) is 6.08 Å². The second-order valence-electron chi connectivity index (χ2n) is 3.48. The van der Waals surface area contributed by atoms with Gasteiger partial charge in [0.25, 0.3) is 0 Å². The molecule has 76 valence electrons. The topological polar surface area (TPSA) is 46.5 Å². The molecule has 0 aromatic rings. The van der Waals surface area contributed by atoms with Crippen molar-refractivity contribution in [1.29, 1.82) is 0 Å². The Kier molecular flexibility index (Phi) is 5.34. The minimum Gasteiger partial charge on any atom is -0.457 e. The summed E-state index contributed by atoms with van der Waals surface area (Å²) in [5.41, 5.74) is 0. The molecule has 0 amide bonds. The number of quaternary nitrogens is 1. The number of hydrogen-bond acceptors (Lipinski definition) is 3. The van der Waals surface area contributed by atoms with Crippen LogP contribution < -0.4 is 0 Å². The summed E-state index contributed by atoms with van der Waals surface area (Å²) in [5.74, 6) is -0.399. The molecule has 0 spiro atoms. The Morgan fingerprint density at radius 2 is 2.15 bits per heavy atom. The first-order chi connectivity index (χ1) is 6.02. The molecule has 0 aliphatic rings. The Labute approximate surface area is 79.0 Å². The lowest BCUT2D eigenvalue weighted by Crippen LogP contribution is -2.44. The molecule has 0 aliphatic carbocycles. The highest BCUT2D eigenvalue weighted by atomic mass is 16.5. The van der Waals surface area contributed by atoms with Crippen LogP contribution in [0.2, 0.25) is 0 Å². The third-order valence-corrected chi connectivity index (χ3v) is 1.81. The quantitative estimate of drug-likeness (QED) is 0.356. The molecule has 0 radical (unpaired) electrons. The number of aliphatic hydroxyl groups is 1. The van der Waals surface area contributed by atoms with Crippen LogP contribution in [-0.2, 0) is 9.53 Å². The van der Waals surface area contributed by atoms with Gasteiger partial charge in [-0.05, 0) is 0 Å². The highest BCUT2D eigenvalue weighted by Crippen LogP contribution is 1.95. The van der Waals surface area contributed by atoms with Crippen molar-refractivity contribution in [2.45, 2.75) is 0 Å². The van der Waals surface area contributed by atoms with E-state index in [9.17, 15) is 4.79 Å². The maximum absolute atomic E-state index is 10.7. The summed E-state index contributed by atoms with van der Waals surface area (Å²) in [6, 6.07) is 0. The Morgan fingerprint density at radius 3 is 2.62 bits per heavy atom. The van der Waals surface area contributed by atoms with E-state index >= 15 is 0 Å². The van der Waals surface area contributed by atoms with Gasteiger partial charge in [-0.2, -0.15) is 0 Å². The molecule has 1 N–H and O–H groups in total. The molecule has 4 nitrogen and oxygen atoms in total. The Bertz CT molecular complexity index is 178. The maximum Gasteiger partial charge on any atom is 0.330 e. The summed E-state index contributed by atoms with van der Waals surface area (Å²) in [7, 11) is 3.94. The number of esters is 1. The molecule has 0 saturated carbocycles. The Morgan fingerprint density at radius 1 is 1.54 bits per heavy atom. The second-order valence-corrected chi connectivity index (χ2v) is 3.48. The molecular formula is C9H18NO3+. The summed E-state index contributed by atoms with van der Waals surface area (Å²) in [6.45, 7) is 5.15. The van der Waals surface area contributed by atoms with Crippen LogP contribution in [0.3, 0.4) is 0 Å². The maximum atomic E-state index is 10.7. The van der Waals surface area contributed by atoms with Gasteiger partial charge in [0.15, 0.2) is 0 Å². The van der Waals surface area contributed by atoms with Crippen LogP contribution in [0.1, 0.15) is 0 Å². The number of likely N-dealkylation sites (N-methyl/N-ethyl adjacent to an activating group) is 1. The molecule has 0 aromatic heterocycles. The fourth-order valence-electron chi connectivity index (χ4n) is 0.835. The molecule has 13 heavy (non-hydrogen) atoms. The van der Waals surface area contributed by atoms with Crippen molar-refractivity contribution in [3.05, 3.63) is 12.7 Å². The third-order valence-electron chi connectivity index (χ3n) is 1.81. The average molecular weight is 188 g/mol. The van der Waals surface area contributed by atoms with Crippen LogP contribution in [0.5, 0.6) is 0 Å². The van der Waals surface area contributed by atoms with E-state index in [2.05, 4.69) is 6.58 Å². The van der Waals surface area contributed by atoms with Crippen LogP contribution in [-0.4, -0.2) is 56.0 Å². The van der Waals surface area contributed by atoms with Crippen molar-refractivity contribution in [2.24, 2.45) is 0 Å². The van der Waals surface area contributed by atoms with Crippen molar-refractivity contribution in [3.63, 3.8) is 0 Å². The largest absolute Gasteiger partial charge is 0.457 e. The van der Waals surface area contributed by atoms with Gasteiger partial charge in [0.1, 0.15) is 19.7 Å². The molecular weight excluding hydrogens is 170 g/mol. The van der Waals surface area contributed by atoms with Crippen LogP contribution >= 0.6 is 0 Å². The molecule has 0 unspecified atom stereocenters. The first kappa shape index (κ1) is 12.1. The summed E-state index contributed by atoms with van der Waals surface area (Å²) in [6.07, 6.45) is 1.14. The molecule has 0 saturated heterocycles. The summed E-state index contributed by atoms with van der Waals surface area (Å²) < 4.78 is 5.46. The highest BCUT2D eigenvalue weighted by molar-refractivity contribution is 5.81. The molecule has 0 aromatic carbocycles. The van der Waals surface area contributed by atoms with Crippen molar-refractivity contribution in [2.75, 3.05) is 40.4 Å². The Balaban J connectivity index is 3.62. The van der Waals surface area contributed by atoms with Gasteiger partial charge in [-0.1, -0.05) is 6.58 Å². The number of ether oxygens (including phenoxy) is 1. The van der Waals surface area contributed by atoms with Gasteiger partial charge in [-0.25, -0.2) is 4.79 Å². The lowest BCUT2D eigenvalue weighted by Gasteiger charge is -2.28. The van der Waals surface area contributed by atoms with Gasteiger partial charge in [-0.3, -0.25) is 0 Å². The van der Waals surface area contributed by atoms with Crippen LogP contribution in [0.25, 0.3) is 0 Å². The zero-order valence-electron chi connectivity index (χ0n) is 8.32. The van der Waals surface area contributed by atoms with E-state index in [1.807, 2.05) is 14.1 Å². The van der Waals surface area contributed by atoms with Gasteiger partial charge in [0.2, 0.25) is 0 Å². The monoisotopic (exact) mass is 188 g/mol. The minimum absolute atomic E-state index is 0.141. The average Bonchev–Trinajstić information content (AvgIpc) is 2.03. The molecule has 0 atom stereocenters. The lowest BCUT2D eigenvalue weighted by molar-refractivity contribution is -0.890. The van der Waals surface area contributed by atoms with E-state index in [0.29, 0.717) is 24.2 Å².